The highest BCUT2D eigenvalue weighted by Gasteiger charge is 2.50. The quantitative estimate of drug-likeness (QED) is 0.293. The Morgan fingerprint density at radius 1 is 0.951 bits per heavy atom. The van der Waals surface area contributed by atoms with Crippen LogP contribution < -0.4 is 10.6 Å². The van der Waals surface area contributed by atoms with Gasteiger partial charge in [-0.15, -0.1) is 0 Å². The number of hydrogen-bond donors (Lipinski definition) is 2. The molecule has 2 fully saturated rings. The van der Waals surface area contributed by atoms with Crippen LogP contribution in [0.5, 0.6) is 0 Å². The highest BCUT2D eigenvalue weighted by molar-refractivity contribution is 5.98. The van der Waals surface area contributed by atoms with Gasteiger partial charge < -0.3 is 20.3 Å². The number of unbranched alkanes of at least 4 members (excludes halogenated alkanes) is 1. The van der Waals surface area contributed by atoms with Gasteiger partial charge in [0.15, 0.2) is 0 Å². The normalized spacial score (nSPS) is 20.8. The van der Waals surface area contributed by atoms with E-state index in [1.807, 2.05) is 66.7 Å². The highest BCUT2D eigenvalue weighted by atomic mass is 19.1. The minimum atomic E-state index is -0.571. The van der Waals surface area contributed by atoms with Crippen molar-refractivity contribution >= 4 is 11.8 Å². The van der Waals surface area contributed by atoms with E-state index in [0.29, 0.717) is 44.2 Å². The molecule has 3 atom stereocenters. The van der Waals surface area contributed by atoms with Crippen LogP contribution in [0, 0.1) is 11.2 Å². The summed E-state index contributed by atoms with van der Waals surface area (Å²) in [5.41, 5.74) is 4.07. The van der Waals surface area contributed by atoms with Crippen LogP contribution in [0.4, 0.5) is 4.39 Å². The van der Waals surface area contributed by atoms with Gasteiger partial charge in [0.1, 0.15) is 11.9 Å². The van der Waals surface area contributed by atoms with E-state index in [1.54, 1.807) is 4.90 Å². The molecule has 41 heavy (non-hydrogen) atoms. The Bertz CT molecular complexity index is 1290. The highest BCUT2D eigenvalue weighted by Crippen LogP contribution is 2.58. The molecule has 216 valence electrons. The van der Waals surface area contributed by atoms with Crippen LogP contribution in [0.1, 0.15) is 54.4 Å². The predicted molar refractivity (Wildman–Crippen MR) is 159 cm³/mol. The van der Waals surface area contributed by atoms with Gasteiger partial charge in [0.05, 0.1) is 13.2 Å². The number of nitrogens with one attached hydrogen (secondary N) is 2. The Kier molecular flexibility index (Phi) is 9.47. The Morgan fingerprint density at radius 3 is 2.34 bits per heavy atom. The van der Waals surface area contributed by atoms with Crippen LogP contribution >= 0.6 is 0 Å². The van der Waals surface area contributed by atoms with Gasteiger partial charge >= 0.3 is 0 Å². The van der Waals surface area contributed by atoms with Crippen LogP contribution in [0.25, 0.3) is 11.1 Å². The molecule has 6 nitrogen and oxygen atoms in total. The van der Waals surface area contributed by atoms with Crippen LogP contribution in [-0.4, -0.2) is 62.1 Å². The van der Waals surface area contributed by atoms with Crippen molar-refractivity contribution in [2.45, 2.75) is 44.6 Å². The molecular weight excluding hydrogens is 517 g/mol. The molecule has 1 saturated heterocycles. The number of amides is 2. The fraction of sp³-hybridized carbons (Fsp3) is 0.412. The third-order valence-corrected chi connectivity index (χ3v) is 8.43. The van der Waals surface area contributed by atoms with E-state index in [9.17, 15) is 14.0 Å². The summed E-state index contributed by atoms with van der Waals surface area (Å²) in [6.07, 6.45) is 3.41. The molecule has 3 aromatic carbocycles. The first-order valence-corrected chi connectivity index (χ1v) is 14.7. The summed E-state index contributed by atoms with van der Waals surface area (Å²) in [4.78, 5) is 28.3. The molecule has 1 heterocycles. The monoisotopic (exact) mass is 557 g/mol. The predicted octanol–water partition coefficient (Wildman–Crippen LogP) is 5.40. The number of hydrogen-bond acceptors (Lipinski definition) is 4. The van der Waals surface area contributed by atoms with E-state index in [1.165, 1.54) is 17.7 Å². The maximum atomic E-state index is 13.4. The number of halogens is 1. The van der Waals surface area contributed by atoms with Gasteiger partial charge in [-0.25, -0.2) is 4.39 Å². The maximum absolute atomic E-state index is 13.4. The first-order chi connectivity index (χ1) is 19.9. The number of morpholine rings is 1. The molecule has 5 rings (SSSR count). The van der Waals surface area contributed by atoms with E-state index in [0.717, 1.165) is 43.5 Å². The Morgan fingerprint density at radius 2 is 1.63 bits per heavy atom. The minimum absolute atomic E-state index is 0.0388. The van der Waals surface area contributed by atoms with Crippen molar-refractivity contribution in [1.29, 1.82) is 0 Å². The summed E-state index contributed by atoms with van der Waals surface area (Å²) >= 11 is 0. The molecule has 0 spiro atoms. The molecule has 2 aliphatic rings. The van der Waals surface area contributed by atoms with Gasteiger partial charge in [0, 0.05) is 25.2 Å². The van der Waals surface area contributed by atoms with Crippen molar-refractivity contribution in [3.63, 3.8) is 0 Å². The lowest BCUT2D eigenvalue weighted by molar-refractivity contribution is -0.137. The second kappa shape index (κ2) is 13.4. The second-order valence-electron chi connectivity index (χ2n) is 11.5. The summed E-state index contributed by atoms with van der Waals surface area (Å²) in [6, 6.07) is 23.8. The summed E-state index contributed by atoms with van der Waals surface area (Å²) in [5, 5.41) is 6.60. The largest absolute Gasteiger partial charge is 0.378 e. The average molecular weight is 558 g/mol. The Labute approximate surface area is 242 Å². The van der Waals surface area contributed by atoms with Gasteiger partial charge in [-0.05, 0) is 84.5 Å². The molecule has 1 aliphatic carbocycles. The van der Waals surface area contributed by atoms with E-state index in [4.69, 9.17) is 4.74 Å². The lowest BCUT2D eigenvalue weighted by atomic mass is 10.0. The molecule has 3 aromatic rings. The zero-order chi connectivity index (χ0) is 28.7. The van der Waals surface area contributed by atoms with Crippen molar-refractivity contribution in [2.24, 2.45) is 5.41 Å². The Hall–Kier alpha value is -3.55. The van der Waals surface area contributed by atoms with Crippen LogP contribution in [0.2, 0.25) is 0 Å². The third-order valence-electron chi connectivity index (χ3n) is 8.43. The zero-order valence-corrected chi connectivity index (χ0v) is 23.8. The number of benzene rings is 3. The van der Waals surface area contributed by atoms with Crippen molar-refractivity contribution in [3.8, 4) is 11.1 Å². The summed E-state index contributed by atoms with van der Waals surface area (Å²) in [7, 11) is 0. The molecule has 0 aromatic heterocycles. The smallest absolute Gasteiger partial charge is 0.251 e. The third kappa shape index (κ3) is 7.60. The molecule has 1 saturated carbocycles. The van der Waals surface area contributed by atoms with E-state index >= 15 is 0 Å². The first kappa shape index (κ1) is 29.0. The number of nitrogens with zero attached hydrogens (tertiary/aromatic N) is 1. The minimum Gasteiger partial charge on any atom is -0.378 e. The van der Waals surface area contributed by atoms with E-state index in [-0.39, 0.29) is 23.0 Å². The summed E-state index contributed by atoms with van der Waals surface area (Å²) in [6.45, 7) is 6.16. The molecule has 0 bridgehead atoms. The van der Waals surface area contributed by atoms with Gasteiger partial charge in [-0.1, -0.05) is 61.5 Å². The fourth-order valence-electron chi connectivity index (χ4n) is 5.74. The van der Waals surface area contributed by atoms with Gasteiger partial charge in [0.2, 0.25) is 5.91 Å². The van der Waals surface area contributed by atoms with Gasteiger partial charge in [0.25, 0.3) is 5.91 Å². The number of carbonyl (C=O) groups is 2. The SMILES string of the molecule is CC1(CNCCCC[C@H](NC(=O)c2ccc(-c3ccccc3)cc2)C(=O)N2CCOCC2)C[C@H]1c1ccc(F)cc1. The van der Waals surface area contributed by atoms with Crippen LogP contribution in [0.3, 0.4) is 0 Å². The molecule has 2 amide bonds. The number of ether oxygens (including phenoxy) is 1. The molecule has 1 aliphatic heterocycles. The van der Waals surface area contributed by atoms with Crippen LogP contribution in [-0.2, 0) is 9.53 Å². The average Bonchev–Trinajstić information content (AvgIpc) is 3.69. The first-order valence-electron chi connectivity index (χ1n) is 14.7. The van der Waals surface area contributed by atoms with Gasteiger partial charge in [-0.2, -0.15) is 0 Å². The second-order valence-corrected chi connectivity index (χ2v) is 11.5. The number of carbonyl (C=O) groups excluding carboxylic acids is 2. The molecule has 2 N–H and O–H groups in total. The fourth-order valence-corrected chi connectivity index (χ4v) is 5.74. The topological polar surface area (TPSA) is 70.7 Å². The lowest BCUT2D eigenvalue weighted by Crippen LogP contribution is -2.51. The summed E-state index contributed by atoms with van der Waals surface area (Å²) in [5.74, 6) is -0.00845. The lowest BCUT2D eigenvalue weighted by Gasteiger charge is -2.31. The van der Waals surface area contributed by atoms with E-state index in [2.05, 4.69) is 17.6 Å². The molecule has 0 radical (unpaired) electrons. The summed E-state index contributed by atoms with van der Waals surface area (Å²) < 4.78 is 18.7. The van der Waals surface area contributed by atoms with Crippen molar-refractivity contribution in [2.75, 3.05) is 39.4 Å². The van der Waals surface area contributed by atoms with Gasteiger partial charge in [-0.3, -0.25) is 9.59 Å². The molecular formula is C34H40FN3O3. The number of rotatable bonds is 12. The van der Waals surface area contributed by atoms with Crippen LogP contribution in [0.15, 0.2) is 78.9 Å². The standard InChI is InChI=1S/C34H40FN3O3/c1-34(23-30(34)27-14-16-29(35)17-15-27)24-36-18-6-5-9-31(33(40)38-19-21-41-22-20-38)37-32(39)28-12-10-26(11-13-28)25-7-3-2-4-8-25/h2-4,7-8,10-17,30-31,36H,5-6,9,18-24H2,1H3,(H,37,39)/t30-,31-,34?/m0/s1. The Balaban J connectivity index is 1.11. The van der Waals surface area contributed by atoms with Crippen molar-refractivity contribution < 1.29 is 18.7 Å². The zero-order valence-electron chi connectivity index (χ0n) is 23.8. The van der Waals surface area contributed by atoms with E-state index < -0.39 is 6.04 Å². The maximum Gasteiger partial charge on any atom is 0.251 e. The molecule has 7 heteroatoms. The van der Waals surface area contributed by atoms with Crippen molar-refractivity contribution in [3.05, 3.63) is 95.8 Å². The molecule has 1 unspecified atom stereocenters. The van der Waals surface area contributed by atoms with Crippen molar-refractivity contribution in [1.82, 2.24) is 15.5 Å².